The van der Waals surface area contributed by atoms with Crippen molar-refractivity contribution in [2.45, 2.75) is 26.4 Å². The summed E-state index contributed by atoms with van der Waals surface area (Å²) in [6.45, 7) is 8.22. The summed E-state index contributed by atoms with van der Waals surface area (Å²) in [5, 5.41) is 5.06. The van der Waals surface area contributed by atoms with Gasteiger partial charge < -0.3 is 5.32 Å². The van der Waals surface area contributed by atoms with Crippen LogP contribution >= 0.6 is 11.3 Å². The Morgan fingerprint density at radius 3 is 2.38 bits per heavy atom. The van der Waals surface area contributed by atoms with Crippen LogP contribution in [0.5, 0.6) is 0 Å². The summed E-state index contributed by atoms with van der Waals surface area (Å²) < 4.78 is 0. The maximum absolute atomic E-state index is 12.5. The van der Waals surface area contributed by atoms with Crippen LogP contribution < -0.4 is 5.32 Å². The number of Topliss-reactive ketones (excluding diaryl/α,β-unsaturated/α-hetero) is 1. The molecule has 1 N–H and O–H groups in total. The van der Waals surface area contributed by atoms with Crippen LogP contribution in [0.1, 0.15) is 29.1 Å². The van der Waals surface area contributed by atoms with E-state index in [0.29, 0.717) is 5.56 Å². The molecule has 1 aromatic heterocycles. The molecule has 0 bridgehead atoms. The topological polar surface area (TPSA) is 52.7 Å². The van der Waals surface area contributed by atoms with E-state index in [2.05, 4.69) is 32.6 Å². The number of hydrogen-bond acceptors (Lipinski definition) is 5. The molecular weight excluding hydrogens is 346 g/mol. The van der Waals surface area contributed by atoms with Crippen molar-refractivity contribution in [1.82, 2.24) is 9.80 Å². The molecule has 0 saturated carbocycles. The normalized spacial score (nSPS) is 17.0. The lowest BCUT2D eigenvalue weighted by Gasteiger charge is -2.37. The van der Waals surface area contributed by atoms with Crippen molar-refractivity contribution >= 4 is 28.7 Å². The van der Waals surface area contributed by atoms with Gasteiger partial charge in [0.05, 0.1) is 6.04 Å². The number of carbonyl (C=O) groups is 2. The average molecular weight is 372 g/mol. The summed E-state index contributed by atoms with van der Waals surface area (Å²) >= 11 is 1.79. The second-order valence-electron chi connectivity index (χ2n) is 6.69. The number of anilines is 1. The monoisotopic (exact) mass is 371 g/mol. The molecule has 26 heavy (non-hydrogen) atoms. The Bertz CT molecular complexity index is 735. The number of nitrogens with one attached hydrogen (secondary N) is 1. The molecule has 1 fully saturated rings. The molecule has 2 heterocycles. The van der Waals surface area contributed by atoms with Gasteiger partial charge in [-0.25, -0.2) is 0 Å². The summed E-state index contributed by atoms with van der Waals surface area (Å²) in [4.78, 5) is 29.9. The Hall–Kier alpha value is -2.02. The zero-order valence-electron chi connectivity index (χ0n) is 15.3. The Balaban J connectivity index is 1.48. The van der Waals surface area contributed by atoms with Crippen LogP contribution in [0.2, 0.25) is 0 Å². The van der Waals surface area contributed by atoms with Crippen LogP contribution in [0.15, 0.2) is 41.8 Å². The van der Waals surface area contributed by atoms with E-state index in [9.17, 15) is 9.59 Å². The third-order valence-electron chi connectivity index (χ3n) is 4.85. The quantitative estimate of drug-likeness (QED) is 0.793. The number of benzene rings is 1. The predicted molar refractivity (Wildman–Crippen MR) is 106 cm³/mol. The first-order valence-electron chi connectivity index (χ1n) is 8.93. The zero-order chi connectivity index (χ0) is 18.5. The molecule has 138 valence electrons. The van der Waals surface area contributed by atoms with Gasteiger partial charge in [0.15, 0.2) is 5.78 Å². The molecule has 0 unspecified atom stereocenters. The molecule has 5 nitrogen and oxygen atoms in total. The van der Waals surface area contributed by atoms with Gasteiger partial charge in [-0.3, -0.25) is 19.4 Å². The molecule has 1 aliphatic heterocycles. The van der Waals surface area contributed by atoms with Crippen molar-refractivity contribution in [3.63, 3.8) is 0 Å². The summed E-state index contributed by atoms with van der Waals surface area (Å²) in [6, 6.07) is 11.1. The highest BCUT2D eigenvalue weighted by atomic mass is 32.1. The standard InChI is InChI=1S/C20H25N3O2S/c1-15(20(25)21-18-7-5-17(6-8-18)16(2)24)23-11-9-22(10-12-23)14-19-4-3-13-26-19/h3-8,13,15H,9-12,14H2,1-2H3,(H,21,25)/t15-/m1/s1. The van der Waals surface area contributed by atoms with Gasteiger partial charge in [0.25, 0.3) is 0 Å². The molecule has 1 aromatic carbocycles. The molecule has 0 aliphatic carbocycles. The number of thiophene rings is 1. The summed E-state index contributed by atoms with van der Waals surface area (Å²) in [7, 11) is 0. The summed E-state index contributed by atoms with van der Waals surface area (Å²) in [6.07, 6.45) is 0. The maximum Gasteiger partial charge on any atom is 0.241 e. The maximum atomic E-state index is 12.5. The fraction of sp³-hybridized carbons (Fsp3) is 0.400. The molecule has 1 aliphatic rings. The highest BCUT2D eigenvalue weighted by molar-refractivity contribution is 7.09. The van der Waals surface area contributed by atoms with Gasteiger partial charge in [-0.1, -0.05) is 6.07 Å². The van der Waals surface area contributed by atoms with Crippen LogP contribution in [-0.2, 0) is 11.3 Å². The first kappa shape index (κ1) is 18.8. The number of nitrogens with zero attached hydrogens (tertiary/aromatic N) is 2. The van der Waals surface area contributed by atoms with Gasteiger partial charge in [0, 0.05) is 48.9 Å². The second-order valence-corrected chi connectivity index (χ2v) is 7.72. The predicted octanol–water partition coefficient (Wildman–Crippen LogP) is 3.10. The zero-order valence-corrected chi connectivity index (χ0v) is 16.1. The van der Waals surface area contributed by atoms with Crippen molar-refractivity contribution in [2.75, 3.05) is 31.5 Å². The number of piperazine rings is 1. The smallest absolute Gasteiger partial charge is 0.241 e. The van der Waals surface area contributed by atoms with Gasteiger partial charge >= 0.3 is 0 Å². The van der Waals surface area contributed by atoms with E-state index in [1.165, 1.54) is 11.8 Å². The van der Waals surface area contributed by atoms with Crippen molar-refractivity contribution in [3.8, 4) is 0 Å². The van der Waals surface area contributed by atoms with Crippen molar-refractivity contribution in [1.29, 1.82) is 0 Å². The summed E-state index contributed by atoms with van der Waals surface area (Å²) in [5.74, 6) is 0.0175. The first-order valence-corrected chi connectivity index (χ1v) is 9.81. The van der Waals surface area contributed by atoms with E-state index < -0.39 is 0 Å². The van der Waals surface area contributed by atoms with Crippen molar-refractivity contribution < 1.29 is 9.59 Å². The molecule has 2 aromatic rings. The van der Waals surface area contributed by atoms with Gasteiger partial charge in [-0.15, -0.1) is 11.3 Å². The van der Waals surface area contributed by atoms with Crippen molar-refractivity contribution in [3.05, 3.63) is 52.2 Å². The summed E-state index contributed by atoms with van der Waals surface area (Å²) in [5.41, 5.74) is 1.38. The van der Waals surface area contributed by atoms with Crippen LogP contribution in [0.25, 0.3) is 0 Å². The minimum Gasteiger partial charge on any atom is -0.325 e. The fourth-order valence-corrected chi connectivity index (χ4v) is 3.88. The molecule has 6 heteroatoms. The Kier molecular flexibility index (Phi) is 6.19. The average Bonchev–Trinajstić information content (AvgIpc) is 3.15. The van der Waals surface area contributed by atoms with Gasteiger partial charge in [0.2, 0.25) is 5.91 Å². The lowest BCUT2D eigenvalue weighted by atomic mass is 10.1. The van der Waals surface area contributed by atoms with Crippen LogP contribution in [0.3, 0.4) is 0 Å². The minimum atomic E-state index is -0.175. The number of hydrogen-bond donors (Lipinski definition) is 1. The Labute approximate surface area is 158 Å². The van der Waals surface area contributed by atoms with E-state index in [0.717, 1.165) is 38.4 Å². The van der Waals surface area contributed by atoms with E-state index in [4.69, 9.17) is 0 Å². The van der Waals surface area contributed by atoms with Gasteiger partial charge in [0.1, 0.15) is 0 Å². The minimum absolute atomic E-state index is 0.00715. The van der Waals surface area contributed by atoms with E-state index >= 15 is 0 Å². The molecule has 3 rings (SSSR count). The van der Waals surface area contributed by atoms with Crippen LogP contribution in [0, 0.1) is 0 Å². The number of carbonyl (C=O) groups excluding carboxylic acids is 2. The molecular formula is C20H25N3O2S. The van der Waals surface area contributed by atoms with Gasteiger partial charge in [-0.2, -0.15) is 0 Å². The third kappa shape index (κ3) is 4.78. The van der Waals surface area contributed by atoms with E-state index in [1.807, 2.05) is 6.92 Å². The van der Waals surface area contributed by atoms with Crippen molar-refractivity contribution in [2.24, 2.45) is 0 Å². The molecule has 1 saturated heterocycles. The lowest BCUT2D eigenvalue weighted by molar-refractivity contribution is -0.121. The van der Waals surface area contributed by atoms with Crippen LogP contribution in [-0.4, -0.2) is 53.7 Å². The van der Waals surface area contributed by atoms with E-state index in [1.54, 1.807) is 35.6 Å². The Morgan fingerprint density at radius 1 is 1.12 bits per heavy atom. The SMILES string of the molecule is CC(=O)c1ccc(NC(=O)[C@@H](C)N2CCN(Cc3cccs3)CC2)cc1. The molecule has 1 atom stereocenters. The van der Waals surface area contributed by atoms with Crippen LogP contribution in [0.4, 0.5) is 5.69 Å². The highest BCUT2D eigenvalue weighted by Crippen LogP contribution is 2.16. The molecule has 0 spiro atoms. The number of ketones is 1. The highest BCUT2D eigenvalue weighted by Gasteiger charge is 2.25. The first-order chi connectivity index (χ1) is 12.5. The fourth-order valence-electron chi connectivity index (χ4n) is 3.13. The molecule has 1 amide bonds. The third-order valence-corrected chi connectivity index (χ3v) is 5.71. The van der Waals surface area contributed by atoms with Gasteiger partial charge in [-0.05, 0) is 49.6 Å². The number of amides is 1. The molecule has 0 radical (unpaired) electrons. The van der Waals surface area contributed by atoms with E-state index in [-0.39, 0.29) is 17.7 Å². The largest absolute Gasteiger partial charge is 0.325 e. The number of rotatable bonds is 6. The Morgan fingerprint density at radius 2 is 1.81 bits per heavy atom. The lowest BCUT2D eigenvalue weighted by Crippen LogP contribution is -2.52. The second kappa shape index (κ2) is 8.58.